The lowest BCUT2D eigenvalue weighted by Gasteiger charge is -2.53. The number of hydrogen-bond donors (Lipinski definition) is 0. The molecule has 0 amide bonds. The minimum atomic E-state index is 0.238. The third-order valence-corrected chi connectivity index (χ3v) is 6.14. The molecule has 0 aliphatic heterocycles. The molecule has 2 fully saturated rings. The van der Waals surface area contributed by atoms with Crippen molar-refractivity contribution >= 4 is 11.6 Å². The Balaban J connectivity index is 1.79. The van der Waals surface area contributed by atoms with Gasteiger partial charge < -0.3 is 4.74 Å². The first-order valence-corrected chi connectivity index (χ1v) is 8.97. The van der Waals surface area contributed by atoms with Gasteiger partial charge in [0, 0.05) is 17.2 Å². The van der Waals surface area contributed by atoms with Gasteiger partial charge in [-0.15, -0.1) is 11.6 Å². The van der Waals surface area contributed by atoms with Crippen LogP contribution in [0, 0.1) is 5.41 Å². The van der Waals surface area contributed by atoms with Crippen LogP contribution < -0.4 is 4.74 Å². The highest BCUT2D eigenvalue weighted by molar-refractivity contribution is 6.21. The van der Waals surface area contributed by atoms with E-state index in [2.05, 4.69) is 38.1 Å². The van der Waals surface area contributed by atoms with Crippen molar-refractivity contribution in [3.8, 4) is 5.75 Å². The van der Waals surface area contributed by atoms with Gasteiger partial charge in [0.05, 0.1) is 0 Å². The van der Waals surface area contributed by atoms with E-state index in [9.17, 15) is 0 Å². The summed E-state index contributed by atoms with van der Waals surface area (Å²) in [6.07, 6.45) is 9.17. The van der Waals surface area contributed by atoms with Gasteiger partial charge in [0.2, 0.25) is 0 Å². The Hall–Kier alpha value is -0.690. The van der Waals surface area contributed by atoms with Crippen LogP contribution in [0.1, 0.15) is 70.3 Å². The van der Waals surface area contributed by atoms with Crippen LogP contribution in [0.2, 0.25) is 0 Å². The molecule has 116 valence electrons. The maximum atomic E-state index is 6.64. The van der Waals surface area contributed by atoms with E-state index in [4.69, 9.17) is 16.3 Å². The van der Waals surface area contributed by atoms with Crippen LogP contribution in [-0.2, 0) is 0 Å². The Bertz CT molecular complexity index is 474. The quantitative estimate of drug-likeness (QED) is 0.631. The predicted octanol–water partition coefficient (Wildman–Crippen LogP) is 5.91. The summed E-state index contributed by atoms with van der Waals surface area (Å²) in [6.45, 7) is 4.46. The zero-order valence-corrected chi connectivity index (χ0v) is 14.0. The highest BCUT2D eigenvalue weighted by atomic mass is 35.5. The van der Waals surface area contributed by atoms with Gasteiger partial charge >= 0.3 is 0 Å². The van der Waals surface area contributed by atoms with Gasteiger partial charge in [-0.2, -0.15) is 0 Å². The molecule has 0 heterocycles. The molecule has 2 atom stereocenters. The van der Waals surface area contributed by atoms with Crippen molar-refractivity contribution in [2.75, 3.05) is 0 Å². The van der Waals surface area contributed by atoms with Gasteiger partial charge in [-0.25, -0.2) is 0 Å². The van der Waals surface area contributed by atoms with Gasteiger partial charge in [-0.3, -0.25) is 0 Å². The van der Waals surface area contributed by atoms with Gasteiger partial charge in [0.25, 0.3) is 0 Å². The lowest BCUT2D eigenvalue weighted by atomic mass is 9.61. The molecule has 1 aromatic rings. The maximum Gasteiger partial charge on any atom is 0.123 e. The number of ether oxygens (including phenoxy) is 1. The number of benzene rings is 1. The van der Waals surface area contributed by atoms with Crippen molar-refractivity contribution in [3.63, 3.8) is 0 Å². The second kappa shape index (κ2) is 6.20. The Morgan fingerprint density at radius 2 is 1.76 bits per heavy atom. The molecule has 0 bridgehead atoms. The fourth-order valence-corrected chi connectivity index (χ4v) is 4.62. The Morgan fingerprint density at radius 1 is 1.10 bits per heavy atom. The lowest BCUT2D eigenvalue weighted by molar-refractivity contribution is -0.0517. The first-order valence-electron chi connectivity index (χ1n) is 8.53. The average Bonchev–Trinajstić information content (AvgIpc) is 2.75. The predicted molar refractivity (Wildman–Crippen MR) is 89.3 cm³/mol. The first kappa shape index (κ1) is 15.2. The summed E-state index contributed by atoms with van der Waals surface area (Å²) in [5.74, 6) is 1.57. The van der Waals surface area contributed by atoms with Crippen molar-refractivity contribution < 1.29 is 4.74 Å². The molecular formula is C19H27ClO. The molecule has 21 heavy (non-hydrogen) atoms. The van der Waals surface area contributed by atoms with Crippen LogP contribution in [0.15, 0.2) is 24.3 Å². The van der Waals surface area contributed by atoms with E-state index < -0.39 is 0 Å². The fourth-order valence-electron chi connectivity index (χ4n) is 4.10. The maximum absolute atomic E-state index is 6.64. The smallest absolute Gasteiger partial charge is 0.123 e. The molecule has 2 unspecified atom stereocenters. The number of halogens is 1. The first-order chi connectivity index (χ1) is 10.1. The summed E-state index contributed by atoms with van der Waals surface area (Å²) in [7, 11) is 0. The van der Waals surface area contributed by atoms with Gasteiger partial charge in [-0.1, -0.05) is 57.7 Å². The van der Waals surface area contributed by atoms with E-state index >= 15 is 0 Å². The van der Waals surface area contributed by atoms with Crippen molar-refractivity contribution in [3.05, 3.63) is 29.8 Å². The van der Waals surface area contributed by atoms with E-state index in [0.29, 0.717) is 17.4 Å². The molecule has 1 nitrogen and oxygen atoms in total. The highest BCUT2D eigenvalue weighted by Crippen LogP contribution is 2.55. The summed E-state index contributed by atoms with van der Waals surface area (Å²) in [5.41, 5.74) is 1.56. The minimum absolute atomic E-state index is 0.238. The molecule has 2 saturated carbocycles. The number of rotatable bonds is 3. The summed E-state index contributed by atoms with van der Waals surface area (Å²) in [4.78, 5) is 0. The van der Waals surface area contributed by atoms with E-state index in [0.717, 1.165) is 12.2 Å². The van der Waals surface area contributed by atoms with Crippen molar-refractivity contribution in [1.82, 2.24) is 0 Å². The zero-order valence-electron chi connectivity index (χ0n) is 13.3. The monoisotopic (exact) mass is 306 g/mol. The molecular weight excluding hydrogens is 280 g/mol. The SMILES string of the molecule is CC(C)c1ccccc1OC1CC(Cl)C12CCCCCC2. The Labute approximate surface area is 134 Å². The number of hydrogen-bond acceptors (Lipinski definition) is 1. The zero-order chi connectivity index (χ0) is 14.9. The van der Waals surface area contributed by atoms with Crippen LogP contribution in [0.25, 0.3) is 0 Å². The third kappa shape index (κ3) is 2.82. The summed E-state index contributed by atoms with van der Waals surface area (Å²) < 4.78 is 6.48. The average molecular weight is 307 g/mol. The highest BCUT2D eigenvalue weighted by Gasteiger charge is 2.55. The number of para-hydroxylation sites is 1. The topological polar surface area (TPSA) is 9.23 Å². The molecule has 2 aliphatic rings. The Morgan fingerprint density at radius 3 is 2.38 bits per heavy atom. The van der Waals surface area contributed by atoms with E-state index in [1.807, 2.05) is 0 Å². The number of alkyl halides is 1. The molecule has 0 aromatic heterocycles. The summed E-state index contributed by atoms with van der Waals surface area (Å²) >= 11 is 6.64. The largest absolute Gasteiger partial charge is 0.489 e. The van der Waals surface area contributed by atoms with E-state index in [-0.39, 0.29) is 5.41 Å². The molecule has 2 heteroatoms. The van der Waals surface area contributed by atoms with E-state index in [1.54, 1.807) is 0 Å². The standard InChI is InChI=1S/C19H27ClO/c1-14(2)15-9-5-6-10-16(15)21-18-13-17(20)19(18)11-7-3-4-8-12-19/h5-6,9-10,14,17-18H,3-4,7-8,11-13H2,1-2H3. The fraction of sp³-hybridized carbons (Fsp3) is 0.684. The molecule has 3 rings (SSSR count). The lowest BCUT2D eigenvalue weighted by Crippen LogP contribution is -2.57. The van der Waals surface area contributed by atoms with Crippen LogP contribution in [0.4, 0.5) is 0 Å². The second-order valence-electron chi connectivity index (χ2n) is 7.15. The summed E-state index contributed by atoms with van der Waals surface area (Å²) in [6, 6.07) is 8.50. The summed E-state index contributed by atoms with van der Waals surface area (Å²) in [5, 5.41) is 0.312. The second-order valence-corrected chi connectivity index (χ2v) is 7.68. The molecule has 0 radical (unpaired) electrons. The van der Waals surface area contributed by atoms with Gasteiger partial charge in [-0.05, 0) is 30.4 Å². The van der Waals surface area contributed by atoms with Gasteiger partial charge in [0.1, 0.15) is 11.9 Å². The molecule has 0 N–H and O–H groups in total. The van der Waals surface area contributed by atoms with Gasteiger partial charge in [0.15, 0.2) is 0 Å². The van der Waals surface area contributed by atoms with Crippen molar-refractivity contribution in [2.45, 2.75) is 76.2 Å². The molecule has 1 aromatic carbocycles. The van der Waals surface area contributed by atoms with Crippen LogP contribution in [0.3, 0.4) is 0 Å². The van der Waals surface area contributed by atoms with Crippen LogP contribution in [-0.4, -0.2) is 11.5 Å². The normalized spacial score (nSPS) is 28.2. The molecule has 0 saturated heterocycles. The Kier molecular flexibility index (Phi) is 4.49. The molecule has 2 aliphatic carbocycles. The molecule has 1 spiro atoms. The van der Waals surface area contributed by atoms with Crippen LogP contribution >= 0.6 is 11.6 Å². The third-order valence-electron chi connectivity index (χ3n) is 5.53. The van der Waals surface area contributed by atoms with Crippen LogP contribution in [0.5, 0.6) is 5.75 Å². The van der Waals surface area contributed by atoms with Crippen molar-refractivity contribution in [2.24, 2.45) is 5.41 Å². The van der Waals surface area contributed by atoms with E-state index in [1.165, 1.54) is 44.1 Å². The van der Waals surface area contributed by atoms with Crippen molar-refractivity contribution in [1.29, 1.82) is 0 Å². The minimum Gasteiger partial charge on any atom is -0.489 e.